The van der Waals surface area contributed by atoms with Crippen molar-refractivity contribution in [3.05, 3.63) is 11.6 Å². The summed E-state index contributed by atoms with van der Waals surface area (Å²) in [7, 11) is 0. The molecule has 150 valence electrons. The van der Waals surface area contributed by atoms with Crippen molar-refractivity contribution in [1.82, 2.24) is 0 Å². The molecule has 0 aromatic heterocycles. The van der Waals surface area contributed by atoms with E-state index >= 15 is 0 Å². The third kappa shape index (κ3) is 2.51. The first-order valence-electron chi connectivity index (χ1n) is 11.0. The fraction of sp³-hybridized carbons (Fsp3) is 0.870. The van der Waals surface area contributed by atoms with E-state index in [4.69, 9.17) is 22.1 Å². The minimum atomic E-state index is -0.346. The summed E-state index contributed by atoms with van der Waals surface area (Å²) in [5, 5.41) is 0. The van der Waals surface area contributed by atoms with E-state index in [1.54, 1.807) is 5.57 Å². The smallest absolute Gasteiger partial charge is 0.172 e. The molecule has 0 aromatic rings. The average Bonchev–Trinajstić information content (AvgIpc) is 3.25. The second-order valence-corrected chi connectivity index (χ2v) is 10.5. The van der Waals surface area contributed by atoms with Gasteiger partial charge in [0.15, 0.2) is 5.79 Å². The molecule has 4 fully saturated rings. The molecule has 0 bridgehead atoms. The molecule has 1 spiro atoms. The molecule has 5 rings (SSSR count). The molecular weight excluding hydrogens is 356 g/mol. The van der Waals surface area contributed by atoms with Gasteiger partial charge in [0.2, 0.25) is 0 Å². The molecule has 1 saturated heterocycles. The largest absolute Gasteiger partial charge is 0.347 e. The van der Waals surface area contributed by atoms with Gasteiger partial charge in [-0.1, -0.05) is 18.6 Å². The number of hydrogen-bond acceptors (Lipinski definition) is 4. The summed E-state index contributed by atoms with van der Waals surface area (Å²) in [5.41, 5.74) is 2.02. The average molecular weight is 391 g/mol. The number of fused-ring (bicyclic) bond motifs is 5. The van der Waals surface area contributed by atoms with Crippen LogP contribution in [0, 0.1) is 34.5 Å². The zero-order valence-electron chi connectivity index (χ0n) is 16.8. The molecule has 0 N–H and O–H groups in total. The van der Waals surface area contributed by atoms with Crippen molar-refractivity contribution in [2.75, 3.05) is 19.0 Å². The maximum atomic E-state index is 12.3. The van der Waals surface area contributed by atoms with Gasteiger partial charge in [-0.2, -0.15) is 12.6 Å². The number of ether oxygens (including phenoxy) is 2. The van der Waals surface area contributed by atoms with Gasteiger partial charge in [-0.05, 0) is 74.4 Å². The maximum Gasteiger partial charge on any atom is 0.172 e. The summed E-state index contributed by atoms with van der Waals surface area (Å²) < 4.78 is 12.1. The lowest BCUT2D eigenvalue weighted by Crippen LogP contribution is -2.54. The molecular formula is C23H34O3S. The van der Waals surface area contributed by atoms with Crippen LogP contribution in [0.1, 0.15) is 65.2 Å². The lowest BCUT2D eigenvalue weighted by atomic mass is 9.47. The first-order valence-corrected chi connectivity index (χ1v) is 11.7. The van der Waals surface area contributed by atoms with Crippen LogP contribution in [0.25, 0.3) is 0 Å². The van der Waals surface area contributed by atoms with Crippen LogP contribution in [0.2, 0.25) is 0 Å². The van der Waals surface area contributed by atoms with Gasteiger partial charge >= 0.3 is 0 Å². The molecule has 4 aliphatic carbocycles. The highest BCUT2D eigenvalue weighted by atomic mass is 32.1. The second kappa shape index (κ2) is 6.34. The highest BCUT2D eigenvalue weighted by Gasteiger charge is 2.61. The fourth-order valence-electron chi connectivity index (χ4n) is 8.12. The number of carbonyl (C=O) groups is 1. The Balaban J connectivity index is 1.47. The van der Waals surface area contributed by atoms with Gasteiger partial charge in [0.05, 0.1) is 13.2 Å². The Morgan fingerprint density at radius 2 is 1.93 bits per heavy atom. The summed E-state index contributed by atoms with van der Waals surface area (Å²) in [6.07, 6.45) is 11.6. The van der Waals surface area contributed by atoms with Crippen LogP contribution >= 0.6 is 12.6 Å². The highest BCUT2D eigenvalue weighted by Crippen LogP contribution is 2.67. The Hall–Kier alpha value is -0.320. The number of Topliss-reactive ketones (excluding diaryl/α,β-unsaturated/α-hetero) is 1. The molecule has 1 heterocycles. The van der Waals surface area contributed by atoms with E-state index < -0.39 is 0 Å². The van der Waals surface area contributed by atoms with Crippen molar-refractivity contribution in [3.63, 3.8) is 0 Å². The SMILES string of the molecule is CC(=O)C1CCC2C3CC=C4CC5(CCC4(CS)C3CCC12C)OCCO5. The molecule has 1 aliphatic heterocycles. The summed E-state index contributed by atoms with van der Waals surface area (Å²) >= 11 is 4.92. The summed E-state index contributed by atoms with van der Waals surface area (Å²) in [4.78, 5) is 12.3. The van der Waals surface area contributed by atoms with E-state index in [1.165, 1.54) is 25.7 Å². The third-order valence-corrected chi connectivity index (χ3v) is 9.99. The number of carbonyl (C=O) groups excluding carboxylic acids is 1. The molecule has 3 nitrogen and oxygen atoms in total. The van der Waals surface area contributed by atoms with Gasteiger partial charge < -0.3 is 9.47 Å². The van der Waals surface area contributed by atoms with Crippen LogP contribution in [-0.4, -0.2) is 30.5 Å². The lowest BCUT2D eigenvalue weighted by molar-refractivity contribution is -0.184. The molecule has 3 saturated carbocycles. The van der Waals surface area contributed by atoms with E-state index in [0.717, 1.165) is 56.5 Å². The van der Waals surface area contributed by atoms with E-state index in [2.05, 4.69) is 13.0 Å². The van der Waals surface area contributed by atoms with Crippen molar-refractivity contribution < 1.29 is 14.3 Å². The van der Waals surface area contributed by atoms with E-state index in [0.29, 0.717) is 11.7 Å². The van der Waals surface area contributed by atoms with Gasteiger partial charge in [-0.3, -0.25) is 4.79 Å². The van der Waals surface area contributed by atoms with Gasteiger partial charge in [0, 0.05) is 24.2 Å². The van der Waals surface area contributed by atoms with Crippen molar-refractivity contribution in [3.8, 4) is 0 Å². The molecule has 4 heteroatoms. The predicted octanol–water partition coefficient (Wildman–Crippen LogP) is 4.81. The van der Waals surface area contributed by atoms with Crippen LogP contribution in [0.15, 0.2) is 11.6 Å². The standard InChI is InChI=1S/C23H34O3S/c1-15(24)18-5-6-19-17-4-3-16-13-23(25-11-12-26-23)10-9-22(16,14-27)20(17)7-8-21(18,19)2/h3,17-20,27H,4-14H2,1-2H3. The molecule has 0 aromatic carbocycles. The zero-order chi connectivity index (χ0) is 18.9. The van der Waals surface area contributed by atoms with Crippen molar-refractivity contribution in [2.45, 2.75) is 71.0 Å². The topological polar surface area (TPSA) is 35.5 Å². The number of hydrogen-bond donors (Lipinski definition) is 1. The number of thiol groups is 1. The molecule has 0 amide bonds. The van der Waals surface area contributed by atoms with Crippen molar-refractivity contribution >= 4 is 18.4 Å². The Kier molecular flexibility index (Phi) is 4.39. The summed E-state index contributed by atoms with van der Waals surface area (Å²) in [6.45, 7) is 5.72. The summed E-state index contributed by atoms with van der Waals surface area (Å²) in [5.74, 6) is 3.45. The van der Waals surface area contributed by atoms with Crippen LogP contribution in [0.3, 0.4) is 0 Å². The molecule has 6 unspecified atom stereocenters. The predicted molar refractivity (Wildman–Crippen MR) is 109 cm³/mol. The molecule has 6 atom stereocenters. The van der Waals surface area contributed by atoms with E-state index in [9.17, 15) is 4.79 Å². The zero-order valence-corrected chi connectivity index (χ0v) is 17.7. The van der Waals surface area contributed by atoms with Crippen LogP contribution in [0.4, 0.5) is 0 Å². The van der Waals surface area contributed by atoms with Gasteiger partial charge in [-0.15, -0.1) is 0 Å². The number of rotatable bonds is 2. The second-order valence-electron chi connectivity index (χ2n) is 10.2. The Morgan fingerprint density at radius 1 is 1.15 bits per heavy atom. The molecule has 5 aliphatic rings. The minimum Gasteiger partial charge on any atom is -0.347 e. The Morgan fingerprint density at radius 3 is 2.63 bits per heavy atom. The monoisotopic (exact) mass is 390 g/mol. The van der Waals surface area contributed by atoms with Gasteiger partial charge in [0.1, 0.15) is 5.78 Å². The van der Waals surface area contributed by atoms with Gasteiger partial charge in [-0.25, -0.2) is 0 Å². The van der Waals surface area contributed by atoms with E-state index in [1.807, 2.05) is 6.92 Å². The maximum absolute atomic E-state index is 12.3. The Labute approximate surface area is 169 Å². The quantitative estimate of drug-likeness (QED) is 0.543. The van der Waals surface area contributed by atoms with Crippen LogP contribution in [0.5, 0.6) is 0 Å². The minimum absolute atomic E-state index is 0.224. The van der Waals surface area contributed by atoms with Crippen molar-refractivity contribution in [1.29, 1.82) is 0 Å². The summed E-state index contributed by atoms with van der Waals surface area (Å²) in [6, 6.07) is 0. The third-order valence-electron chi connectivity index (χ3n) is 9.42. The lowest BCUT2D eigenvalue weighted by Gasteiger charge is -2.59. The first-order chi connectivity index (χ1) is 12.9. The van der Waals surface area contributed by atoms with Gasteiger partial charge in [0.25, 0.3) is 0 Å². The number of ketones is 1. The molecule has 27 heavy (non-hydrogen) atoms. The number of allylic oxidation sites excluding steroid dienone is 1. The van der Waals surface area contributed by atoms with Crippen LogP contribution < -0.4 is 0 Å². The fourth-order valence-corrected chi connectivity index (χ4v) is 8.71. The van der Waals surface area contributed by atoms with E-state index in [-0.39, 0.29) is 22.5 Å². The first kappa shape index (κ1) is 18.7. The Bertz CT molecular complexity index is 667. The molecule has 0 radical (unpaired) electrons. The normalized spacial score (nSPS) is 47.9. The van der Waals surface area contributed by atoms with Crippen molar-refractivity contribution in [2.24, 2.45) is 34.5 Å². The highest BCUT2D eigenvalue weighted by molar-refractivity contribution is 7.80. The van der Waals surface area contributed by atoms with Crippen LogP contribution in [-0.2, 0) is 14.3 Å².